The van der Waals surface area contributed by atoms with Gasteiger partial charge >= 0.3 is 5.97 Å². The predicted molar refractivity (Wildman–Crippen MR) is 68.0 cm³/mol. The molecule has 1 aromatic rings. The van der Waals surface area contributed by atoms with Gasteiger partial charge in [-0.15, -0.1) is 0 Å². The van der Waals surface area contributed by atoms with Gasteiger partial charge in [-0.05, 0) is 18.4 Å². The van der Waals surface area contributed by atoms with Crippen molar-refractivity contribution in [2.24, 2.45) is 0 Å². The number of aromatic carboxylic acids is 1. The van der Waals surface area contributed by atoms with Crippen molar-refractivity contribution in [1.82, 2.24) is 0 Å². The highest BCUT2D eigenvalue weighted by Gasteiger charge is 2.28. The van der Waals surface area contributed by atoms with Crippen LogP contribution in [0.2, 0.25) is 0 Å². The highest BCUT2D eigenvalue weighted by molar-refractivity contribution is 5.95. The first-order valence-electron chi connectivity index (χ1n) is 5.91. The third-order valence-electron chi connectivity index (χ3n) is 2.89. The van der Waals surface area contributed by atoms with Crippen LogP contribution in [0.1, 0.15) is 35.3 Å². The predicted octanol–water partition coefficient (Wildman–Crippen LogP) is 2.16. The van der Waals surface area contributed by atoms with Gasteiger partial charge in [0.05, 0.1) is 14.2 Å². The number of carboxylic acid groups (broad SMARTS) is 1. The molecule has 0 aromatic heterocycles. The maximum Gasteiger partial charge on any atom is 0.339 e. The van der Waals surface area contributed by atoms with Gasteiger partial charge in [-0.1, -0.05) is 13.8 Å². The maximum absolute atomic E-state index is 11.3. The molecule has 0 aliphatic rings. The SMILES string of the molecule is CCc1c(CC)c(C(=O)O)c(O)c(OOC)c1OC. The minimum atomic E-state index is -1.22. The molecule has 106 valence electrons. The second-order valence-electron chi connectivity index (χ2n) is 3.81. The van der Waals surface area contributed by atoms with Crippen molar-refractivity contribution >= 4 is 5.97 Å². The largest absolute Gasteiger partial charge is 0.503 e. The first-order valence-corrected chi connectivity index (χ1v) is 5.91. The molecule has 0 heterocycles. The summed E-state index contributed by atoms with van der Waals surface area (Å²) in [5.41, 5.74) is 1.05. The van der Waals surface area contributed by atoms with Crippen molar-refractivity contribution in [3.8, 4) is 17.2 Å². The number of aromatic hydroxyl groups is 1. The number of benzene rings is 1. The molecule has 0 fully saturated rings. The van der Waals surface area contributed by atoms with Crippen molar-refractivity contribution in [1.29, 1.82) is 0 Å². The maximum atomic E-state index is 11.3. The van der Waals surface area contributed by atoms with Gasteiger partial charge in [0, 0.05) is 5.56 Å². The van der Waals surface area contributed by atoms with Crippen molar-refractivity contribution in [3.05, 3.63) is 16.7 Å². The molecule has 0 atom stereocenters. The molecule has 19 heavy (non-hydrogen) atoms. The van der Waals surface area contributed by atoms with Crippen LogP contribution in [0.15, 0.2) is 0 Å². The van der Waals surface area contributed by atoms with E-state index in [1.807, 2.05) is 13.8 Å². The molecule has 0 unspecified atom stereocenters. The first-order chi connectivity index (χ1) is 9.03. The van der Waals surface area contributed by atoms with Crippen LogP contribution in [0, 0.1) is 0 Å². The molecule has 6 heteroatoms. The smallest absolute Gasteiger partial charge is 0.339 e. The summed E-state index contributed by atoms with van der Waals surface area (Å²) >= 11 is 0. The van der Waals surface area contributed by atoms with E-state index in [1.54, 1.807) is 0 Å². The lowest BCUT2D eigenvalue weighted by molar-refractivity contribution is -0.180. The molecule has 0 radical (unpaired) electrons. The van der Waals surface area contributed by atoms with Crippen molar-refractivity contribution in [2.75, 3.05) is 14.2 Å². The van der Waals surface area contributed by atoms with Gasteiger partial charge < -0.3 is 19.8 Å². The summed E-state index contributed by atoms with van der Waals surface area (Å²) < 4.78 is 5.22. The number of methoxy groups -OCH3 is 1. The minimum Gasteiger partial charge on any atom is -0.503 e. The van der Waals surface area contributed by atoms with E-state index in [0.29, 0.717) is 29.7 Å². The Balaban J connectivity index is 3.75. The van der Waals surface area contributed by atoms with E-state index in [2.05, 4.69) is 4.89 Å². The van der Waals surface area contributed by atoms with Gasteiger partial charge in [-0.25, -0.2) is 4.79 Å². The second kappa shape index (κ2) is 6.29. The number of rotatable bonds is 6. The van der Waals surface area contributed by atoms with Crippen LogP contribution >= 0.6 is 0 Å². The Morgan fingerprint density at radius 1 is 1.11 bits per heavy atom. The Hall–Kier alpha value is -1.95. The zero-order valence-corrected chi connectivity index (χ0v) is 11.4. The molecule has 1 aromatic carbocycles. The molecular formula is C13H18O6. The third kappa shape index (κ3) is 2.58. The summed E-state index contributed by atoms with van der Waals surface area (Å²) in [6, 6.07) is 0. The lowest BCUT2D eigenvalue weighted by atomic mass is 9.94. The molecular weight excluding hydrogens is 252 g/mol. The fraction of sp³-hybridized carbons (Fsp3) is 0.462. The summed E-state index contributed by atoms with van der Waals surface area (Å²) in [6.45, 7) is 3.69. The Kier molecular flexibility index (Phi) is 5.00. The fourth-order valence-electron chi connectivity index (χ4n) is 2.16. The lowest BCUT2D eigenvalue weighted by Gasteiger charge is -2.19. The van der Waals surface area contributed by atoms with Crippen LogP contribution in [-0.2, 0) is 17.7 Å². The normalized spacial score (nSPS) is 10.3. The average Bonchev–Trinajstić information content (AvgIpc) is 2.39. The summed E-state index contributed by atoms with van der Waals surface area (Å²) in [5.74, 6) is -1.52. The van der Waals surface area contributed by atoms with Crippen LogP contribution < -0.4 is 9.62 Å². The van der Waals surface area contributed by atoms with Gasteiger partial charge in [-0.2, -0.15) is 4.89 Å². The van der Waals surface area contributed by atoms with E-state index in [0.717, 1.165) is 0 Å². The Bertz CT molecular complexity index is 481. The van der Waals surface area contributed by atoms with Gasteiger partial charge in [-0.3, -0.25) is 0 Å². The Morgan fingerprint density at radius 2 is 1.68 bits per heavy atom. The fourth-order valence-corrected chi connectivity index (χ4v) is 2.16. The van der Waals surface area contributed by atoms with Crippen molar-refractivity contribution in [2.45, 2.75) is 26.7 Å². The van der Waals surface area contributed by atoms with Crippen molar-refractivity contribution < 1.29 is 29.5 Å². The van der Waals surface area contributed by atoms with Gasteiger partial charge in [0.1, 0.15) is 5.56 Å². The van der Waals surface area contributed by atoms with Crippen LogP contribution in [0.5, 0.6) is 17.2 Å². The van der Waals surface area contributed by atoms with Crippen molar-refractivity contribution in [3.63, 3.8) is 0 Å². The number of hydrogen-bond donors (Lipinski definition) is 2. The van der Waals surface area contributed by atoms with Gasteiger partial charge in [0.15, 0.2) is 11.5 Å². The zero-order valence-electron chi connectivity index (χ0n) is 11.4. The van der Waals surface area contributed by atoms with Crippen LogP contribution in [0.3, 0.4) is 0 Å². The van der Waals surface area contributed by atoms with E-state index in [9.17, 15) is 15.0 Å². The van der Waals surface area contributed by atoms with Gasteiger partial charge in [0.2, 0.25) is 5.75 Å². The lowest BCUT2D eigenvalue weighted by Crippen LogP contribution is -2.10. The van der Waals surface area contributed by atoms with Crippen LogP contribution in [0.4, 0.5) is 0 Å². The molecule has 0 bridgehead atoms. The second-order valence-corrected chi connectivity index (χ2v) is 3.81. The van der Waals surface area contributed by atoms with E-state index in [1.165, 1.54) is 14.2 Å². The molecule has 1 rings (SSSR count). The summed E-state index contributed by atoms with van der Waals surface area (Å²) in [4.78, 5) is 20.7. The number of hydrogen-bond acceptors (Lipinski definition) is 5. The number of carbonyl (C=O) groups is 1. The molecule has 0 saturated heterocycles. The molecule has 0 amide bonds. The summed E-state index contributed by atoms with van der Waals surface area (Å²) in [5, 5.41) is 19.3. The zero-order chi connectivity index (χ0) is 14.6. The monoisotopic (exact) mass is 270 g/mol. The first kappa shape index (κ1) is 15.1. The Morgan fingerprint density at radius 3 is 2.05 bits per heavy atom. The summed E-state index contributed by atoms with van der Waals surface area (Å²) in [6.07, 6.45) is 1.01. The molecule has 0 saturated carbocycles. The minimum absolute atomic E-state index is 0.114. The van der Waals surface area contributed by atoms with E-state index in [-0.39, 0.29) is 11.3 Å². The highest BCUT2D eigenvalue weighted by Crippen LogP contribution is 2.45. The number of phenols is 1. The van der Waals surface area contributed by atoms with Gasteiger partial charge in [0.25, 0.3) is 0 Å². The standard InChI is InChI=1S/C13H18O6/c1-5-7-8(6-2)11(17-3)12(19-18-4)10(14)9(7)13(15)16/h14H,5-6H2,1-4H3,(H,15,16). The number of carboxylic acids is 1. The molecule has 2 N–H and O–H groups in total. The molecule has 6 nitrogen and oxygen atoms in total. The molecule has 0 spiro atoms. The highest BCUT2D eigenvalue weighted by atomic mass is 17.2. The van der Waals surface area contributed by atoms with E-state index >= 15 is 0 Å². The van der Waals surface area contributed by atoms with E-state index in [4.69, 9.17) is 9.62 Å². The topological polar surface area (TPSA) is 85.2 Å². The molecule has 0 aliphatic carbocycles. The quantitative estimate of drug-likeness (QED) is 0.608. The van der Waals surface area contributed by atoms with E-state index < -0.39 is 11.7 Å². The molecule has 0 aliphatic heterocycles. The number of ether oxygens (including phenoxy) is 1. The Labute approximate surface area is 111 Å². The average molecular weight is 270 g/mol. The van der Waals surface area contributed by atoms with Crippen LogP contribution in [-0.4, -0.2) is 30.4 Å². The van der Waals surface area contributed by atoms with Crippen LogP contribution in [0.25, 0.3) is 0 Å². The summed E-state index contributed by atoms with van der Waals surface area (Å²) in [7, 11) is 2.69. The third-order valence-corrected chi connectivity index (χ3v) is 2.89.